The Bertz CT molecular complexity index is 4490. The van der Waals surface area contributed by atoms with Gasteiger partial charge >= 0.3 is 0 Å². The Morgan fingerprint density at radius 3 is 1.81 bits per heavy atom. The number of nitrogens with zero attached hydrogens (tertiary/aromatic N) is 4. The van der Waals surface area contributed by atoms with Crippen molar-refractivity contribution >= 4 is 32.8 Å². The summed E-state index contributed by atoms with van der Waals surface area (Å²) in [5, 5.41) is 1.56. The summed E-state index contributed by atoms with van der Waals surface area (Å²) in [6.45, 7) is 16.6. The van der Waals surface area contributed by atoms with Crippen LogP contribution in [0.3, 0.4) is 0 Å². The normalized spacial score (nSPS) is 14.8. The van der Waals surface area contributed by atoms with Crippen molar-refractivity contribution in [2.45, 2.75) is 85.4 Å². The second-order valence-electron chi connectivity index (χ2n) is 21.3. The van der Waals surface area contributed by atoms with E-state index in [-0.39, 0.29) is 77.8 Å². The smallest absolute Gasteiger partial charge is 0.268 e. The minimum Gasteiger partial charge on any atom is -0.510 e. The molecule has 11 aromatic rings. The van der Waals surface area contributed by atoms with Crippen LogP contribution in [-0.4, -0.2) is 14.1 Å². The molecule has 5 nitrogen and oxygen atoms in total. The van der Waals surface area contributed by atoms with Crippen LogP contribution in [0.5, 0.6) is 11.5 Å². The number of hydrogen-bond donors (Lipinski definition) is 0. The molecule has 0 spiro atoms. The largest absolute Gasteiger partial charge is 0.510 e. The molecule has 366 valence electrons. The molecule has 3 aromatic heterocycles. The van der Waals surface area contributed by atoms with Crippen molar-refractivity contribution in [3.63, 3.8) is 0 Å². The van der Waals surface area contributed by atoms with Crippen molar-refractivity contribution < 1.29 is 48.2 Å². The van der Waals surface area contributed by atoms with Gasteiger partial charge in [0.1, 0.15) is 5.82 Å². The maximum absolute atomic E-state index is 9.44. The summed E-state index contributed by atoms with van der Waals surface area (Å²) in [5.74, 6) is 0.774. The molecule has 0 N–H and O–H groups in total. The van der Waals surface area contributed by atoms with Gasteiger partial charge in [-0.05, 0) is 96.4 Å². The number of fused-ring (bicyclic) bond motifs is 4. The van der Waals surface area contributed by atoms with E-state index in [1.807, 2.05) is 81.9 Å². The predicted octanol–water partition coefficient (Wildman–Crippen LogP) is 16.8. The maximum Gasteiger partial charge on any atom is 0.268 e. The van der Waals surface area contributed by atoms with Gasteiger partial charge in [0.25, 0.3) is 6.33 Å². The van der Waals surface area contributed by atoms with Crippen LogP contribution in [-0.2, 0) is 37.3 Å². The van der Waals surface area contributed by atoms with E-state index in [0.717, 1.165) is 38.6 Å². The number of aryl methyl sites for hydroxylation is 1. The Morgan fingerprint density at radius 1 is 0.562 bits per heavy atom. The average Bonchev–Trinajstić information content (AvgIpc) is 1.57. The molecule has 0 atom stereocenters. The molecule has 73 heavy (non-hydrogen) atoms. The molecule has 11 rings (SSSR count). The van der Waals surface area contributed by atoms with E-state index in [9.17, 15) is 2.74 Å². The van der Waals surface area contributed by atoms with Crippen molar-refractivity contribution in [1.82, 2.24) is 14.1 Å². The molecule has 6 heteroatoms. The number of ether oxygens (including phenoxy) is 1. The number of benzene rings is 8. The summed E-state index contributed by atoms with van der Waals surface area (Å²) in [6, 6.07) is 38.5. The van der Waals surface area contributed by atoms with Crippen LogP contribution in [0.1, 0.15) is 102 Å². The molecule has 8 aromatic carbocycles. The van der Waals surface area contributed by atoms with Crippen LogP contribution in [0, 0.1) is 25.3 Å². The van der Waals surface area contributed by atoms with E-state index >= 15 is 0 Å². The minimum absolute atomic E-state index is 0. The molecular weight excluding hydrogens is 1070 g/mol. The van der Waals surface area contributed by atoms with Gasteiger partial charge in [0.05, 0.1) is 30.4 Å². The van der Waals surface area contributed by atoms with Crippen molar-refractivity contribution in [1.29, 1.82) is 0 Å². The zero-order valence-corrected chi connectivity index (χ0v) is 44.3. The van der Waals surface area contributed by atoms with Gasteiger partial charge < -0.3 is 13.9 Å². The van der Waals surface area contributed by atoms with Crippen LogP contribution in [0.2, 0.25) is 0 Å². The number of pyridine rings is 1. The van der Waals surface area contributed by atoms with Gasteiger partial charge in [-0.2, -0.15) is 18.2 Å². The zero-order chi connectivity index (χ0) is 61.3. The van der Waals surface area contributed by atoms with Crippen LogP contribution in [0.4, 0.5) is 0 Å². The third-order valence-corrected chi connectivity index (χ3v) is 13.2. The summed E-state index contributed by atoms with van der Waals surface area (Å²) >= 11 is 0. The van der Waals surface area contributed by atoms with Crippen molar-refractivity contribution in [2.75, 3.05) is 0 Å². The minimum atomic E-state index is -2.80. The number of hydrogen-bond acceptors (Lipinski definition) is 2. The Balaban J connectivity index is 0.00000820. The van der Waals surface area contributed by atoms with E-state index in [1.165, 1.54) is 12.3 Å². The second-order valence-corrected chi connectivity index (χ2v) is 21.3. The van der Waals surface area contributed by atoms with E-state index < -0.39 is 60.6 Å². The van der Waals surface area contributed by atoms with E-state index in [2.05, 4.69) is 105 Å². The molecule has 0 unspecified atom stereocenters. The quantitative estimate of drug-likeness (QED) is 0.112. The van der Waals surface area contributed by atoms with Gasteiger partial charge in [-0.3, -0.25) is 4.57 Å². The van der Waals surface area contributed by atoms with E-state index in [0.29, 0.717) is 44.8 Å². The van der Waals surface area contributed by atoms with Crippen molar-refractivity contribution in [3.05, 3.63) is 223 Å². The number of rotatable bonds is 8. The predicted molar refractivity (Wildman–Crippen MR) is 297 cm³/mol. The van der Waals surface area contributed by atoms with Gasteiger partial charge in [-0.15, -0.1) is 29.7 Å². The number of para-hydroxylation sites is 3. The van der Waals surface area contributed by atoms with Crippen molar-refractivity contribution in [3.8, 4) is 62.1 Å². The van der Waals surface area contributed by atoms with Crippen LogP contribution >= 0.6 is 0 Å². The molecule has 0 aliphatic rings. The van der Waals surface area contributed by atoms with E-state index in [4.69, 9.17) is 24.8 Å². The monoisotopic (exact) mass is 1140 g/mol. The molecule has 0 saturated carbocycles. The van der Waals surface area contributed by atoms with Gasteiger partial charge in [0.2, 0.25) is 0 Å². The summed E-state index contributed by atoms with van der Waals surface area (Å²) in [5.41, 5.74) is 7.31. The van der Waals surface area contributed by atoms with Gasteiger partial charge in [-0.1, -0.05) is 201 Å². The van der Waals surface area contributed by atoms with Gasteiger partial charge in [0.15, 0.2) is 0 Å². The Morgan fingerprint density at radius 2 is 1.15 bits per heavy atom. The molecule has 0 radical (unpaired) electrons. The first-order chi connectivity index (χ1) is 39.8. The third-order valence-electron chi connectivity index (χ3n) is 13.2. The average molecular weight is 1150 g/mol. The maximum atomic E-state index is 9.44. The fourth-order valence-corrected chi connectivity index (χ4v) is 9.22. The standard InChI is InChI=1S/C67H60N4O.Pt/c1-44-34-63(68-42-58(44)46-24-15-12-16-25-46)71-59-29-18-17-28-54(59)55-33-32-53(41-62(55)71)72-52-27-21-26-51(40-52)69-43-70(61-31-20-19-30-60(61)69)64-56(45-22-13-11-14-23-45)38-50(67(8,9)10)39-57(64)47-35-48(65(2,3)4)37-49(36-47)66(5,6)7;/h11-39,42H,1-10H3;/q-2;/i1D3,11D,12D,13D,14D,15D,16D,22D,23D,24D,25D;. The fourth-order valence-electron chi connectivity index (χ4n) is 9.22. The Kier molecular flexibility index (Phi) is 9.27. The molecule has 0 fully saturated rings. The first-order valence-electron chi connectivity index (χ1n) is 30.5. The molecule has 0 bridgehead atoms. The van der Waals surface area contributed by atoms with Gasteiger partial charge in [0, 0.05) is 54.0 Å². The summed E-state index contributed by atoms with van der Waals surface area (Å²) in [7, 11) is 0. The fraction of sp³-hybridized carbons (Fsp3) is 0.194. The molecule has 0 saturated heterocycles. The SMILES string of the molecule is [2H]c1c([2H])c([2H])c(-c2cnc(-n3c4[c-]c(Oc5[c-]c(-n6[c-][n+](-c7c(-c8cc(C(C)(C)C)cc(C(C)(C)C)c8)cc(C(C)(C)C)cc7-c7c([2H])c([2H])c([2H])c([2H])c7[2H])c7ccccc76)ccc5)ccc4c4ccccc43)cc2C([2H])([2H])[2H])c([2H])c1[2H].[Pt]. The third kappa shape index (κ3) is 9.37. The Hall–Kier alpha value is -7.33. The Labute approximate surface area is 463 Å². The molecular formula is C67H60N4OPt-2. The van der Waals surface area contributed by atoms with Crippen LogP contribution < -0.4 is 9.30 Å². The molecule has 0 aliphatic heterocycles. The summed E-state index contributed by atoms with van der Waals surface area (Å²) in [6.07, 6.45) is 4.90. The number of aromatic nitrogens is 4. The zero-order valence-electron chi connectivity index (χ0n) is 55.1. The van der Waals surface area contributed by atoms with E-state index in [1.54, 1.807) is 16.7 Å². The van der Waals surface area contributed by atoms with Gasteiger partial charge in [-0.25, -0.2) is 4.98 Å². The topological polar surface area (TPSA) is 35.9 Å². The van der Waals surface area contributed by atoms with Crippen molar-refractivity contribution in [2.24, 2.45) is 0 Å². The van der Waals surface area contributed by atoms with Crippen LogP contribution in [0.15, 0.2) is 182 Å². The summed E-state index contributed by atoms with van der Waals surface area (Å²) in [4.78, 5) is 4.71. The summed E-state index contributed by atoms with van der Waals surface area (Å²) < 4.78 is 125. The molecule has 0 amide bonds. The second kappa shape index (κ2) is 18.9. The number of imidazole rings is 1. The molecule has 3 heterocycles. The van der Waals surface area contributed by atoms with Crippen LogP contribution in [0.25, 0.3) is 83.4 Å². The first-order valence-corrected chi connectivity index (χ1v) is 24.0. The first kappa shape index (κ1) is 35.7. The molecule has 0 aliphatic carbocycles.